The molecule has 1 unspecified atom stereocenters. The second kappa shape index (κ2) is 8.12. The molecule has 0 saturated carbocycles. The summed E-state index contributed by atoms with van der Waals surface area (Å²) in [5.74, 6) is 0.724. The maximum Gasteiger partial charge on any atom is 0.324 e. The number of amides is 2. The molecule has 0 aliphatic rings. The fourth-order valence-corrected chi connectivity index (χ4v) is 3.19. The van der Waals surface area contributed by atoms with Crippen LogP contribution < -0.4 is 16.4 Å². The third kappa shape index (κ3) is 4.13. The summed E-state index contributed by atoms with van der Waals surface area (Å²) >= 11 is 0. The predicted octanol–water partition coefficient (Wildman–Crippen LogP) is 4.11. The quantitative estimate of drug-likeness (QED) is 0.462. The van der Waals surface area contributed by atoms with Crippen LogP contribution in [-0.2, 0) is 0 Å². The third-order valence-corrected chi connectivity index (χ3v) is 4.91. The van der Waals surface area contributed by atoms with Crippen molar-refractivity contribution in [2.45, 2.75) is 19.9 Å². The van der Waals surface area contributed by atoms with Gasteiger partial charge in [-0.1, -0.05) is 0 Å². The van der Waals surface area contributed by atoms with Gasteiger partial charge in [-0.3, -0.25) is 10.3 Å². The molecule has 2 amide bonds. The number of carbonyl (C=O) groups is 1. The summed E-state index contributed by atoms with van der Waals surface area (Å²) in [5.41, 5.74) is 9.33. The summed E-state index contributed by atoms with van der Waals surface area (Å²) in [7, 11) is 0. The number of aryl methyl sites for hydroxylation is 1. The van der Waals surface area contributed by atoms with Crippen molar-refractivity contribution >= 4 is 34.1 Å². The molecule has 0 bridgehead atoms. The minimum atomic E-state index is -0.445. The summed E-state index contributed by atoms with van der Waals surface area (Å²) in [4.78, 5) is 25.3. The SMILES string of the molecule is Cc1ccncc1-c1cc2cc(NC(=O)Nc3ccn(C(C)C#N)c3)ncc2c(N)n1. The van der Waals surface area contributed by atoms with Gasteiger partial charge in [-0.25, -0.2) is 14.8 Å². The number of nitrogens with two attached hydrogens (primary N) is 1. The highest BCUT2D eigenvalue weighted by Crippen LogP contribution is 2.28. The Kier molecular flexibility index (Phi) is 5.20. The first-order valence-corrected chi connectivity index (χ1v) is 9.57. The minimum absolute atomic E-state index is 0.322. The van der Waals surface area contributed by atoms with Crippen LogP contribution in [0.3, 0.4) is 0 Å². The van der Waals surface area contributed by atoms with E-state index in [1.165, 1.54) is 0 Å². The molecule has 4 aromatic heterocycles. The first-order valence-electron chi connectivity index (χ1n) is 9.57. The van der Waals surface area contributed by atoms with Crippen molar-refractivity contribution < 1.29 is 4.79 Å². The maximum atomic E-state index is 12.4. The summed E-state index contributed by atoms with van der Waals surface area (Å²) in [6.45, 7) is 3.75. The molecule has 0 fully saturated rings. The summed E-state index contributed by atoms with van der Waals surface area (Å²) in [6, 6.07) is 8.63. The Labute approximate surface area is 178 Å². The van der Waals surface area contributed by atoms with Gasteiger partial charge in [0.1, 0.15) is 17.7 Å². The van der Waals surface area contributed by atoms with Crippen molar-refractivity contribution in [1.29, 1.82) is 5.26 Å². The molecule has 4 heterocycles. The standard InChI is InChI=1S/C22H20N8O/c1-13-3-5-25-10-17(13)19-7-15-8-20(26-11-18(15)21(24)28-19)29-22(31)27-16-4-6-30(12-16)14(2)9-23/h3-8,10-12,14H,1-2H3,(H2,24,28)(H2,26,27,29,31). The summed E-state index contributed by atoms with van der Waals surface area (Å²) in [6.07, 6.45) is 8.48. The van der Waals surface area contributed by atoms with Crippen LogP contribution in [0.25, 0.3) is 22.0 Å². The number of rotatable bonds is 4. The lowest BCUT2D eigenvalue weighted by Crippen LogP contribution is -2.19. The summed E-state index contributed by atoms with van der Waals surface area (Å²) < 4.78 is 1.71. The molecule has 4 N–H and O–H groups in total. The van der Waals surface area contributed by atoms with Crippen LogP contribution in [-0.4, -0.2) is 25.6 Å². The average molecular weight is 412 g/mol. The van der Waals surface area contributed by atoms with Gasteiger partial charge in [0, 0.05) is 41.9 Å². The van der Waals surface area contributed by atoms with Gasteiger partial charge in [-0.05, 0) is 49.1 Å². The molecular weight excluding hydrogens is 392 g/mol. The number of nitriles is 1. The average Bonchev–Trinajstić information content (AvgIpc) is 3.21. The zero-order valence-electron chi connectivity index (χ0n) is 17.0. The molecule has 0 saturated heterocycles. The molecule has 4 rings (SSSR count). The summed E-state index contributed by atoms with van der Waals surface area (Å²) in [5, 5.41) is 15.9. The Balaban J connectivity index is 1.57. The number of carbonyl (C=O) groups excluding carboxylic acids is 1. The molecule has 31 heavy (non-hydrogen) atoms. The third-order valence-electron chi connectivity index (χ3n) is 4.91. The number of anilines is 3. The number of nitrogens with zero attached hydrogens (tertiary/aromatic N) is 5. The number of fused-ring (bicyclic) bond motifs is 1. The fourth-order valence-electron chi connectivity index (χ4n) is 3.19. The van der Waals surface area contributed by atoms with Crippen molar-refractivity contribution in [1.82, 2.24) is 19.5 Å². The van der Waals surface area contributed by atoms with E-state index in [1.807, 2.05) is 19.1 Å². The van der Waals surface area contributed by atoms with Crippen LogP contribution in [0.5, 0.6) is 0 Å². The number of aromatic nitrogens is 4. The molecule has 154 valence electrons. The van der Waals surface area contributed by atoms with Crippen molar-refractivity contribution in [3.63, 3.8) is 0 Å². The van der Waals surface area contributed by atoms with E-state index in [1.54, 1.807) is 54.6 Å². The molecule has 0 spiro atoms. The van der Waals surface area contributed by atoms with Gasteiger partial charge in [0.25, 0.3) is 0 Å². The van der Waals surface area contributed by atoms with Gasteiger partial charge in [-0.15, -0.1) is 0 Å². The largest absolute Gasteiger partial charge is 0.383 e. The minimum Gasteiger partial charge on any atom is -0.383 e. The van der Waals surface area contributed by atoms with Gasteiger partial charge >= 0.3 is 6.03 Å². The van der Waals surface area contributed by atoms with Crippen molar-refractivity contribution in [3.8, 4) is 17.3 Å². The lowest BCUT2D eigenvalue weighted by molar-refractivity contribution is 0.262. The van der Waals surface area contributed by atoms with Crippen LogP contribution >= 0.6 is 0 Å². The Morgan fingerprint density at radius 3 is 2.87 bits per heavy atom. The Morgan fingerprint density at radius 1 is 1.26 bits per heavy atom. The lowest BCUT2D eigenvalue weighted by Gasteiger charge is -2.10. The van der Waals surface area contributed by atoms with Crippen LogP contribution in [0.1, 0.15) is 18.5 Å². The molecule has 9 nitrogen and oxygen atoms in total. The van der Waals surface area contributed by atoms with Crippen molar-refractivity contribution in [2.24, 2.45) is 0 Å². The molecule has 9 heteroatoms. The van der Waals surface area contributed by atoms with Gasteiger partial charge in [0.2, 0.25) is 0 Å². The van der Waals surface area contributed by atoms with Crippen molar-refractivity contribution in [3.05, 3.63) is 60.8 Å². The van der Waals surface area contributed by atoms with Crippen LogP contribution in [0.15, 0.2) is 55.2 Å². The van der Waals surface area contributed by atoms with Gasteiger partial charge < -0.3 is 15.6 Å². The highest BCUT2D eigenvalue weighted by atomic mass is 16.2. The van der Waals surface area contributed by atoms with E-state index in [2.05, 4.69) is 31.7 Å². The molecule has 1 atom stereocenters. The van der Waals surface area contributed by atoms with Crippen LogP contribution in [0.2, 0.25) is 0 Å². The van der Waals surface area contributed by atoms with Gasteiger partial charge in [0.05, 0.1) is 17.5 Å². The van der Waals surface area contributed by atoms with E-state index >= 15 is 0 Å². The number of hydrogen-bond donors (Lipinski definition) is 3. The van der Waals surface area contributed by atoms with Gasteiger partial charge in [-0.2, -0.15) is 5.26 Å². The fraction of sp³-hybridized carbons (Fsp3) is 0.136. The van der Waals surface area contributed by atoms with E-state index < -0.39 is 6.03 Å². The number of pyridine rings is 3. The highest BCUT2D eigenvalue weighted by Gasteiger charge is 2.11. The zero-order chi connectivity index (χ0) is 22.0. The number of hydrogen-bond acceptors (Lipinski definition) is 6. The molecular formula is C22H20N8O. The molecule has 4 aromatic rings. The van der Waals surface area contributed by atoms with Gasteiger partial charge in [0.15, 0.2) is 0 Å². The van der Waals surface area contributed by atoms with E-state index in [9.17, 15) is 4.79 Å². The lowest BCUT2D eigenvalue weighted by atomic mass is 10.1. The Hall–Kier alpha value is -4.45. The number of nitrogens with one attached hydrogen (secondary N) is 2. The Bertz CT molecular complexity index is 1320. The van der Waals surface area contributed by atoms with E-state index in [0.29, 0.717) is 28.4 Å². The first kappa shape index (κ1) is 19.8. The van der Waals surface area contributed by atoms with Crippen molar-refractivity contribution in [2.75, 3.05) is 16.4 Å². The maximum absolute atomic E-state index is 12.4. The second-order valence-corrected chi connectivity index (χ2v) is 7.11. The molecule has 0 radical (unpaired) electrons. The monoisotopic (exact) mass is 412 g/mol. The Morgan fingerprint density at radius 2 is 2.10 bits per heavy atom. The zero-order valence-corrected chi connectivity index (χ0v) is 17.0. The highest BCUT2D eigenvalue weighted by molar-refractivity contribution is 6.01. The smallest absolute Gasteiger partial charge is 0.324 e. The predicted molar refractivity (Wildman–Crippen MR) is 119 cm³/mol. The molecule has 0 aliphatic heterocycles. The second-order valence-electron chi connectivity index (χ2n) is 7.11. The van der Waals surface area contributed by atoms with E-state index in [-0.39, 0.29) is 6.04 Å². The number of urea groups is 1. The molecule has 0 aromatic carbocycles. The first-order chi connectivity index (χ1) is 14.9. The molecule has 0 aliphatic carbocycles. The number of nitrogen functional groups attached to an aromatic ring is 1. The van der Waals surface area contributed by atoms with E-state index in [0.717, 1.165) is 16.5 Å². The van der Waals surface area contributed by atoms with Crippen LogP contribution in [0, 0.1) is 18.3 Å². The van der Waals surface area contributed by atoms with Crippen LogP contribution in [0.4, 0.5) is 22.1 Å². The normalized spacial score (nSPS) is 11.6. The topological polar surface area (TPSA) is 135 Å². The van der Waals surface area contributed by atoms with E-state index in [4.69, 9.17) is 11.0 Å².